The molecule has 0 atom stereocenters. The standard InChI is InChI=1S/C19H12O4/c1-23-14-8-4-5-10-9-13-16(19(22)15(10)14)18(21)12-7-3-2-6-11(12)17(13)20/h2-9,22H,1H3. The first-order valence-electron chi connectivity index (χ1n) is 7.14. The Morgan fingerprint density at radius 1 is 0.870 bits per heavy atom. The molecule has 4 nitrogen and oxygen atoms in total. The zero-order valence-corrected chi connectivity index (χ0v) is 12.3. The third-order valence-electron chi connectivity index (χ3n) is 4.21. The number of hydrogen-bond donors (Lipinski definition) is 1. The zero-order valence-electron chi connectivity index (χ0n) is 12.3. The first kappa shape index (κ1) is 13.5. The average molecular weight is 304 g/mol. The van der Waals surface area contributed by atoms with E-state index in [0.717, 1.165) is 0 Å². The summed E-state index contributed by atoms with van der Waals surface area (Å²) in [6, 6.07) is 13.6. The fourth-order valence-corrected chi connectivity index (χ4v) is 3.14. The lowest BCUT2D eigenvalue weighted by atomic mass is 9.82. The van der Waals surface area contributed by atoms with Crippen molar-refractivity contribution in [2.75, 3.05) is 7.11 Å². The van der Waals surface area contributed by atoms with Gasteiger partial charge >= 0.3 is 0 Å². The monoisotopic (exact) mass is 304 g/mol. The molecule has 0 radical (unpaired) electrons. The molecule has 23 heavy (non-hydrogen) atoms. The largest absolute Gasteiger partial charge is 0.506 e. The maximum Gasteiger partial charge on any atom is 0.198 e. The Balaban J connectivity index is 2.13. The summed E-state index contributed by atoms with van der Waals surface area (Å²) < 4.78 is 5.27. The van der Waals surface area contributed by atoms with E-state index in [1.165, 1.54) is 7.11 Å². The van der Waals surface area contributed by atoms with Crippen molar-refractivity contribution in [2.24, 2.45) is 0 Å². The molecule has 3 aromatic carbocycles. The molecule has 0 saturated carbocycles. The molecule has 4 rings (SSSR count). The first-order valence-corrected chi connectivity index (χ1v) is 7.14. The summed E-state index contributed by atoms with van der Waals surface area (Å²) in [5.41, 5.74) is 0.957. The number of ketones is 2. The molecule has 0 aromatic heterocycles. The number of phenols is 1. The molecule has 3 aromatic rings. The molecule has 0 bridgehead atoms. The molecule has 1 N–H and O–H groups in total. The van der Waals surface area contributed by atoms with Crippen LogP contribution in [-0.2, 0) is 0 Å². The van der Waals surface area contributed by atoms with E-state index in [1.54, 1.807) is 48.5 Å². The predicted octanol–water partition coefficient (Wildman–Crippen LogP) is 3.33. The van der Waals surface area contributed by atoms with E-state index >= 15 is 0 Å². The van der Waals surface area contributed by atoms with Gasteiger partial charge < -0.3 is 9.84 Å². The highest BCUT2D eigenvalue weighted by atomic mass is 16.5. The fraction of sp³-hybridized carbons (Fsp3) is 0.0526. The van der Waals surface area contributed by atoms with Crippen molar-refractivity contribution >= 4 is 22.3 Å². The van der Waals surface area contributed by atoms with E-state index < -0.39 is 0 Å². The number of fused-ring (bicyclic) bond motifs is 3. The maximum absolute atomic E-state index is 12.8. The van der Waals surface area contributed by atoms with Gasteiger partial charge in [0.05, 0.1) is 18.1 Å². The molecule has 1 aliphatic rings. The molecule has 0 unspecified atom stereocenters. The first-order chi connectivity index (χ1) is 11.1. The summed E-state index contributed by atoms with van der Waals surface area (Å²) in [6.07, 6.45) is 0. The Morgan fingerprint density at radius 2 is 1.57 bits per heavy atom. The lowest BCUT2D eigenvalue weighted by molar-refractivity contribution is 0.0977. The summed E-state index contributed by atoms with van der Waals surface area (Å²) >= 11 is 0. The molecule has 0 heterocycles. The Hall–Kier alpha value is -3.14. The highest BCUT2D eigenvalue weighted by Gasteiger charge is 2.33. The minimum Gasteiger partial charge on any atom is -0.506 e. The number of phenolic OH excluding ortho intramolecular Hbond substituents is 1. The molecule has 0 saturated heterocycles. The van der Waals surface area contributed by atoms with Gasteiger partial charge in [-0.25, -0.2) is 0 Å². The van der Waals surface area contributed by atoms with Crippen molar-refractivity contribution in [1.82, 2.24) is 0 Å². The van der Waals surface area contributed by atoms with Crippen LogP contribution in [0.2, 0.25) is 0 Å². The summed E-state index contributed by atoms with van der Waals surface area (Å²) in [6.45, 7) is 0. The quantitative estimate of drug-likeness (QED) is 0.586. The van der Waals surface area contributed by atoms with Gasteiger partial charge in [0.25, 0.3) is 0 Å². The Morgan fingerprint density at radius 3 is 2.26 bits per heavy atom. The van der Waals surface area contributed by atoms with Crippen molar-refractivity contribution in [3.8, 4) is 11.5 Å². The Bertz CT molecular complexity index is 1000. The number of aromatic hydroxyl groups is 1. The van der Waals surface area contributed by atoms with Gasteiger partial charge in [-0.2, -0.15) is 0 Å². The van der Waals surface area contributed by atoms with Crippen LogP contribution in [0.4, 0.5) is 0 Å². The van der Waals surface area contributed by atoms with Gasteiger partial charge in [0.15, 0.2) is 11.6 Å². The van der Waals surface area contributed by atoms with Crippen LogP contribution < -0.4 is 4.74 Å². The SMILES string of the molecule is COc1cccc2cc3c(c(O)c12)C(=O)c1ccccc1C3=O. The van der Waals surface area contributed by atoms with Gasteiger partial charge in [-0.1, -0.05) is 36.4 Å². The molecular weight excluding hydrogens is 292 g/mol. The summed E-state index contributed by atoms with van der Waals surface area (Å²) in [5.74, 6) is -0.347. The molecule has 1 aliphatic carbocycles. The van der Waals surface area contributed by atoms with Gasteiger partial charge in [-0.15, -0.1) is 0 Å². The second-order valence-electron chi connectivity index (χ2n) is 5.41. The number of benzene rings is 3. The Kier molecular flexibility index (Phi) is 2.75. The van der Waals surface area contributed by atoms with Crippen molar-refractivity contribution < 1.29 is 19.4 Å². The average Bonchev–Trinajstić information content (AvgIpc) is 2.59. The predicted molar refractivity (Wildman–Crippen MR) is 85.5 cm³/mol. The summed E-state index contributed by atoms with van der Waals surface area (Å²) in [4.78, 5) is 25.5. The smallest absolute Gasteiger partial charge is 0.198 e. The number of ether oxygens (including phenoxy) is 1. The number of hydrogen-bond acceptors (Lipinski definition) is 4. The Labute approximate surface area is 131 Å². The normalized spacial score (nSPS) is 12.9. The lowest BCUT2D eigenvalue weighted by Crippen LogP contribution is -2.21. The van der Waals surface area contributed by atoms with E-state index in [4.69, 9.17) is 4.74 Å². The third kappa shape index (κ3) is 1.72. The molecule has 4 heteroatoms. The minimum absolute atomic E-state index is 0.0469. The third-order valence-corrected chi connectivity index (χ3v) is 4.21. The molecule has 112 valence electrons. The lowest BCUT2D eigenvalue weighted by Gasteiger charge is -2.20. The van der Waals surface area contributed by atoms with Crippen molar-refractivity contribution in [3.63, 3.8) is 0 Å². The second kappa shape index (κ2) is 4.68. The van der Waals surface area contributed by atoms with Crippen molar-refractivity contribution in [3.05, 3.63) is 70.8 Å². The zero-order chi connectivity index (χ0) is 16.1. The van der Waals surface area contributed by atoms with E-state index in [-0.39, 0.29) is 28.4 Å². The van der Waals surface area contributed by atoms with Gasteiger partial charge in [-0.05, 0) is 17.5 Å². The second-order valence-corrected chi connectivity index (χ2v) is 5.41. The van der Waals surface area contributed by atoms with Crippen LogP contribution in [0.1, 0.15) is 31.8 Å². The summed E-state index contributed by atoms with van der Waals surface area (Å²) in [7, 11) is 1.50. The van der Waals surface area contributed by atoms with Crippen LogP contribution in [0, 0.1) is 0 Å². The fourth-order valence-electron chi connectivity index (χ4n) is 3.14. The van der Waals surface area contributed by atoms with Crippen LogP contribution in [-0.4, -0.2) is 23.8 Å². The molecule has 0 amide bonds. The van der Waals surface area contributed by atoms with Crippen molar-refractivity contribution in [1.29, 1.82) is 0 Å². The molecular formula is C19H12O4. The molecule has 0 fully saturated rings. The minimum atomic E-state index is -0.347. The van der Waals surface area contributed by atoms with E-state index in [9.17, 15) is 14.7 Å². The molecule has 0 spiro atoms. The van der Waals surface area contributed by atoms with Crippen LogP contribution in [0.15, 0.2) is 48.5 Å². The van der Waals surface area contributed by atoms with Crippen LogP contribution in [0.5, 0.6) is 11.5 Å². The van der Waals surface area contributed by atoms with Crippen LogP contribution >= 0.6 is 0 Å². The van der Waals surface area contributed by atoms with Crippen LogP contribution in [0.3, 0.4) is 0 Å². The van der Waals surface area contributed by atoms with Crippen LogP contribution in [0.25, 0.3) is 10.8 Å². The highest BCUT2D eigenvalue weighted by Crippen LogP contribution is 2.41. The van der Waals surface area contributed by atoms with Gasteiger partial charge in [-0.3, -0.25) is 9.59 Å². The molecule has 0 aliphatic heterocycles. The number of carbonyl (C=O) groups excluding carboxylic acids is 2. The highest BCUT2D eigenvalue weighted by molar-refractivity contribution is 6.31. The van der Waals surface area contributed by atoms with E-state index in [1.807, 2.05) is 0 Å². The van der Waals surface area contributed by atoms with Crippen molar-refractivity contribution in [2.45, 2.75) is 0 Å². The van der Waals surface area contributed by atoms with Gasteiger partial charge in [0, 0.05) is 16.7 Å². The number of rotatable bonds is 1. The van der Waals surface area contributed by atoms with Gasteiger partial charge in [0.1, 0.15) is 11.5 Å². The topological polar surface area (TPSA) is 63.6 Å². The van der Waals surface area contributed by atoms with E-state index in [0.29, 0.717) is 27.6 Å². The number of carbonyl (C=O) groups is 2. The van der Waals surface area contributed by atoms with Gasteiger partial charge in [0.2, 0.25) is 0 Å². The van der Waals surface area contributed by atoms with E-state index in [2.05, 4.69) is 0 Å². The summed E-state index contributed by atoms with van der Waals surface area (Å²) in [5, 5.41) is 11.8. The maximum atomic E-state index is 12.8. The number of methoxy groups -OCH3 is 1.